The maximum atomic E-state index is 13.9. The summed E-state index contributed by atoms with van der Waals surface area (Å²) in [4.78, 5) is 41.4. The number of carbonyl (C=O) groups is 2. The normalized spacial score (nSPS) is 19.4. The predicted molar refractivity (Wildman–Crippen MR) is 108 cm³/mol. The number of hydrogen-bond donors (Lipinski definition) is 1. The smallest absolute Gasteiger partial charge is 0.344 e. The van der Waals surface area contributed by atoms with Crippen molar-refractivity contribution in [3.63, 3.8) is 0 Å². The van der Waals surface area contributed by atoms with E-state index in [0.717, 1.165) is 0 Å². The molecule has 0 fully saturated rings. The second-order valence-corrected chi connectivity index (χ2v) is 6.92. The van der Waals surface area contributed by atoms with Crippen molar-refractivity contribution in [3.05, 3.63) is 81.8 Å². The maximum absolute atomic E-state index is 13.9. The Morgan fingerprint density at radius 1 is 1.33 bits per heavy atom. The second-order valence-electron chi connectivity index (χ2n) is 6.92. The van der Waals surface area contributed by atoms with Gasteiger partial charge in [-0.15, -0.1) is 6.58 Å². The molecule has 2 N–H and O–H groups in total. The molecule has 2 aromatic rings. The lowest BCUT2D eigenvalue weighted by molar-refractivity contribution is -0.140. The van der Waals surface area contributed by atoms with Gasteiger partial charge in [0.25, 0.3) is 0 Å². The lowest BCUT2D eigenvalue weighted by atomic mass is 9.69. The number of fused-ring (bicyclic) bond motifs is 4. The van der Waals surface area contributed by atoms with Gasteiger partial charge in [-0.3, -0.25) is 4.79 Å². The first kappa shape index (κ1) is 19.5. The first-order chi connectivity index (χ1) is 14.4. The minimum atomic E-state index is -1.85. The number of rotatable bonds is 4. The molecule has 0 bridgehead atoms. The number of anilines is 1. The van der Waals surface area contributed by atoms with Gasteiger partial charge >= 0.3 is 11.6 Å². The topological polar surface area (TPSA) is 112 Å². The van der Waals surface area contributed by atoms with Crippen molar-refractivity contribution in [2.75, 3.05) is 18.1 Å². The van der Waals surface area contributed by atoms with Gasteiger partial charge in [0.15, 0.2) is 0 Å². The number of nitrogens with zero attached hydrogens (tertiary/aromatic N) is 1. The summed E-state index contributed by atoms with van der Waals surface area (Å²) in [6.07, 6.45) is 1.56. The molecule has 30 heavy (non-hydrogen) atoms. The van der Waals surface area contributed by atoms with E-state index in [1.807, 2.05) is 0 Å². The van der Waals surface area contributed by atoms with Gasteiger partial charge in [0.05, 0.1) is 6.61 Å². The number of carbonyl (C=O) groups excluding carboxylic acids is 2. The van der Waals surface area contributed by atoms with Gasteiger partial charge in [0.2, 0.25) is 11.8 Å². The third-order valence-corrected chi connectivity index (χ3v) is 5.21. The molecule has 0 saturated carbocycles. The third kappa shape index (κ3) is 2.43. The first-order valence-electron chi connectivity index (χ1n) is 9.40. The van der Waals surface area contributed by atoms with Gasteiger partial charge in [-0.05, 0) is 19.9 Å². The Morgan fingerprint density at radius 3 is 2.77 bits per heavy atom. The number of nitrogens with two attached hydrogens (primary N) is 1. The monoisotopic (exact) mass is 408 g/mol. The Kier molecular flexibility index (Phi) is 4.49. The molecule has 2 aliphatic rings. The van der Waals surface area contributed by atoms with Gasteiger partial charge in [0.1, 0.15) is 28.1 Å². The molecule has 1 spiro atoms. The molecule has 1 unspecified atom stereocenters. The zero-order valence-corrected chi connectivity index (χ0v) is 16.6. The molecule has 1 aromatic carbocycles. The minimum Gasteiger partial charge on any atom is -0.462 e. The number of para-hydroxylation sites is 1. The molecule has 0 saturated heterocycles. The summed E-state index contributed by atoms with van der Waals surface area (Å²) >= 11 is 0. The van der Waals surface area contributed by atoms with E-state index in [9.17, 15) is 14.4 Å². The van der Waals surface area contributed by atoms with E-state index in [2.05, 4.69) is 6.58 Å². The summed E-state index contributed by atoms with van der Waals surface area (Å²) in [5, 5.41) is 0. The van der Waals surface area contributed by atoms with Crippen LogP contribution in [0.2, 0.25) is 0 Å². The predicted octanol–water partition coefficient (Wildman–Crippen LogP) is 1.89. The van der Waals surface area contributed by atoms with Crippen LogP contribution in [-0.4, -0.2) is 25.0 Å². The molecule has 8 heteroatoms. The zero-order chi connectivity index (χ0) is 21.6. The van der Waals surface area contributed by atoms with Crippen LogP contribution in [0.5, 0.6) is 5.75 Å². The number of esters is 1. The summed E-state index contributed by atoms with van der Waals surface area (Å²) in [7, 11) is 0. The van der Waals surface area contributed by atoms with Crippen molar-refractivity contribution in [1.82, 2.24) is 0 Å². The molecular formula is C22H20N2O6. The van der Waals surface area contributed by atoms with Crippen LogP contribution in [0, 0.1) is 6.92 Å². The molecule has 0 aliphatic carbocycles. The largest absolute Gasteiger partial charge is 0.462 e. The fourth-order valence-corrected chi connectivity index (χ4v) is 4.19. The van der Waals surface area contributed by atoms with Crippen molar-refractivity contribution in [3.8, 4) is 5.75 Å². The molecular weight excluding hydrogens is 388 g/mol. The van der Waals surface area contributed by atoms with Crippen molar-refractivity contribution in [2.24, 2.45) is 5.73 Å². The van der Waals surface area contributed by atoms with Gasteiger partial charge in [0, 0.05) is 23.9 Å². The number of benzene rings is 1. The first-order valence-corrected chi connectivity index (χ1v) is 9.40. The van der Waals surface area contributed by atoms with E-state index in [0.29, 0.717) is 11.3 Å². The third-order valence-electron chi connectivity index (χ3n) is 5.21. The highest BCUT2D eigenvalue weighted by Gasteiger charge is 2.62. The van der Waals surface area contributed by atoms with E-state index >= 15 is 0 Å². The highest BCUT2D eigenvalue weighted by Crippen LogP contribution is 2.54. The lowest BCUT2D eigenvalue weighted by Gasteiger charge is -2.34. The number of amides is 1. The van der Waals surface area contributed by atoms with E-state index in [1.54, 1.807) is 44.2 Å². The average Bonchev–Trinajstić information content (AvgIpc) is 2.91. The highest BCUT2D eigenvalue weighted by atomic mass is 16.5. The summed E-state index contributed by atoms with van der Waals surface area (Å²) in [5.74, 6) is -1.32. The van der Waals surface area contributed by atoms with Crippen LogP contribution in [0.15, 0.2) is 63.7 Å². The Hall–Kier alpha value is -3.81. The quantitative estimate of drug-likeness (QED) is 0.607. The fourth-order valence-electron chi connectivity index (χ4n) is 4.19. The molecule has 1 atom stereocenters. The summed E-state index contributed by atoms with van der Waals surface area (Å²) in [6.45, 7) is 7.13. The van der Waals surface area contributed by atoms with Crippen molar-refractivity contribution >= 4 is 17.6 Å². The van der Waals surface area contributed by atoms with Crippen LogP contribution in [0.4, 0.5) is 5.69 Å². The van der Waals surface area contributed by atoms with Crippen LogP contribution < -0.4 is 21.0 Å². The molecule has 3 heterocycles. The minimum absolute atomic E-state index is 0.0489. The van der Waals surface area contributed by atoms with E-state index in [4.69, 9.17) is 19.6 Å². The second kappa shape index (κ2) is 6.91. The molecule has 0 radical (unpaired) electrons. The van der Waals surface area contributed by atoms with Gasteiger partial charge in [-0.1, -0.05) is 24.3 Å². The van der Waals surface area contributed by atoms with Crippen molar-refractivity contribution < 1.29 is 23.5 Å². The Morgan fingerprint density at radius 2 is 2.07 bits per heavy atom. The van der Waals surface area contributed by atoms with Crippen molar-refractivity contribution in [2.45, 2.75) is 19.3 Å². The standard InChI is InChI=1S/C22H20N2O6/c1-4-10-24-14-9-7-6-8-13(14)22(21(24)27)16-15(11-12(3)29-20(16)26)30-18(23)17(22)19(25)28-5-2/h4,6-9,11H,1,5,10,23H2,2-3H3. The van der Waals surface area contributed by atoms with Crippen LogP contribution in [0.3, 0.4) is 0 Å². The molecule has 1 amide bonds. The number of ether oxygens (including phenoxy) is 2. The van der Waals surface area contributed by atoms with E-state index in [1.165, 1.54) is 11.0 Å². The average molecular weight is 408 g/mol. The SMILES string of the molecule is C=CCN1C(=O)C2(C(C(=O)OCC)=C(N)Oc3cc(C)oc(=O)c32)c2ccccc21. The summed E-state index contributed by atoms with van der Waals surface area (Å²) < 4.78 is 16.1. The number of aryl methyl sites for hydroxylation is 1. The molecule has 2 aliphatic heterocycles. The van der Waals surface area contributed by atoms with Gasteiger partial charge in [-0.2, -0.15) is 0 Å². The maximum Gasteiger partial charge on any atom is 0.344 e. The van der Waals surface area contributed by atoms with Crippen LogP contribution in [-0.2, 0) is 19.7 Å². The van der Waals surface area contributed by atoms with Crippen LogP contribution >= 0.6 is 0 Å². The molecule has 154 valence electrons. The van der Waals surface area contributed by atoms with E-state index in [-0.39, 0.29) is 41.7 Å². The zero-order valence-electron chi connectivity index (χ0n) is 16.6. The Labute approximate surface area is 172 Å². The molecule has 4 rings (SSSR count). The summed E-state index contributed by atoms with van der Waals surface area (Å²) in [6, 6.07) is 8.36. The number of hydrogen-bond acceptors (Lipinski definition) is 7. The fraction of sp³-hybridized carbons (Fsp3) is 0.227. The van der Waals surface area contributed by atoms with Gasteiger partial charge < -0.3 is 24.5 Å². The van der Waals surface area contributed by atoms with Crippen molar-refractivity contribution in [1.29, 1.82) is 0 Å². The van der Waals surface area contributed by atoms with E-state index < -0.39 is 22.9 Å². The molecule has 1 aromatic heterocycles. The Bertz CT molecular complexity index is 1180. The Balaban J connectivity index is 2.17. The van der Waals surface area contributed by atoms with Crippen LogP contribution in [0.1, 0.15) is 23.8 Å². The molecule has 8 nitrogen and oxygen atoms in total. The summed E-state index contributed by atoms with van der Waals surface area (Å²) in [5.41, 5.74) is 4.12. The van der Waals surface area contributed by atoms with Crippen LogP contribution in [0.25, 0.3) is 0 Å². The highest BCUT2D eigenvalue weighted by molar-refractivity contribution is 6.18. The lowest BCUT2D eigenvalue weighted by Crippen LogP contribution is -2.51. The van der Waals surface area contributed by atoms with Gasteiger partial charge in [-0.25, -0.2) is 9.59 Å².